The summed E-state index contributed by atoms with van der Waals surface area (Å²) < 4.78 is 30.4. The third-order valence-corrected chi connectivity index (χ3v) is 8.48. The highest BCUT2D eigenvalue weighted by atomic mass is 19.1. The predicted molar refractivity (Wildman–Crippen MR) is 196 cm³/mol. The van der Waals surface area contributed by atoms with Crippen LogP contribution in [-0.2, 0) is 22.6 Å². The number of rotatable bonds is 13. The summed E-state index contributed by atoms with van der Waals surface area (Å²) in [6.45, 7) is 1.53. The van der Waals surface area contributed by atoms with Crippen LogP contribution in [0.4, 0.5) is 10.1 Å². The minimum Gasteiger partial charge on any atom is -0.497 e. The third kappa shape index (κ3) is 8.74. The molecule has 2 amide bonds. The van der Waals surface area contributed by atoms with Crippen molar-refractivity contribution in [2.45, 2.75) is 19.9 Å². The number of carbonyl (C=O) groups is 3. The number of aromatic nitrogens is 2. The predicted octanol–water partition coefficient (Wildman–Crippen LogP) is 7.44. The Balaban J connectivity index is 1.09. The van der Waals surface area contributed by atoms with Crippen molar-refractivity contribution in [3.8, 4) is 45.5 Å². The number of anilines is 1. The molecule has 0 bridgehead atoms. The minimum atomic E-state index is -1.18. The van der Waals surface area contributed by atoms with E-state index < -0.39 is 30.1 Å². The van der Waals surface area contributed by atoms with Crippen LogP contribution < -0.4 is 14.8 Å². The first kappa shape index (κ1) is 36.0. The van der Waals surface area contributed by atoms with Crippen LogP contribution in [0.1, 0.15) is 27.0 Å². The molecule has 6 rings (SSSR count). The normalized spacial score (nSPS) is 10.8. The molecule has 0 unspecified atom stereocenters. The second-order valence-corrected chi connectivity index (χ2v) is 12.2. The molecule has 0 aliphatic rings. The number of halogens is 1. The lowest BCUT2D eigenvalue weighted by atomic mass is 10.0. The molecule has 6 aromatic rings. The zero-order chi connectivity index (χ0) is 37.5. The fraction of sp³-hybridized carbons (Fsp3) is 0.146. The van der Waals surface area contributed by atoms with Gasteiger partial charge in [-0.15, -0.1) is 0 Å². The molecule has 0 radical (unpaired) electrons. The summed E-state index contributed by atoms with van der Waals surface area (Å²) in [7, 11) is 2.77. The summed E-state index contributed by atoms with van der Waals surface area (Å²) in [5.41, 5.74) is 6.17. The second kappa shape index (κ2) is 16.0. The van der Waals surface area contributed by atoms with E-state index in [4.69, 9.17) is 14.0 Å². The molecule has 0 saturated carbocycles. The van der Waals surface area contributed by atoms with E-state index in [1.807, 2.05) is 31.2 Å². The molecule has 0 aliphatic carbocycles. The highest BCUT2D eigenvalue weighted by molar-refractivity contribution is 5.97. The number of hydrogen-bond donors (Lipinski definition) is 2. The summed E-state index contributed by atoms with van der Waals surface area (Å²) in [6, 6.07) is 31.9. The van der Waals surface area contributed by atoms with E-state index >= 15 is 0 Å². The largest absolute Gasteiger partial charge is 0.497 e. The zero-order valence-electron chi connectivity index (χ0n) is 29.1. The van der Waals surface area contributed by atoms with Gasteiger partial charge < -0.3 is 29.3 Å². The molecule has 0 aliphatic heterocycles. The standard InChI is InChI=1S/C41H35FN4O7/c1-25-4-8-27(9-5-25)28-12-14-29(15-13-28)39-44-40(53-45-39)30-10-6-26(7-11-30)23-46(24-38(48)49)41(50)31-16-18-32(19-17-31)43-37(47)22-34-35(42)20-33(51-2)21-36(34)52-3/h4-21H,22-24H2,1-3H3,(H,43,47)(H,48,49). The topological polar surface area (TPSA) is 144 Å². The SMILES string of the molecule is COc1cc(F)c(CC(=O)Nc2ccc(C(=O)N(CC(=O)O)Cc3ccc(-c4nc(-c5ccc(-c6ccc(C)cc6)cc5)no4)cc3)cc2)c(OC)c1. The van der Waals surface area contributed by atoms with Crippen molar-refractivity contribution >= 4 is 23.5 Å². The Kier molecular flexibility index (Phi) is 10.9. The van der Waals surface area contributed by atoms with Crippen LogP contribution in [0.5, 0.6) is 11.5 Å². The van der Waals surface area contributed by atoms with E-state index in [0.717, 1.165) is 16.7 Å². The number of hydrogen-bond acceptors (Lipinski definition) is 8. The number of nitrogens with one attached hydrogen (secondary N) is 1. The average Bonchev–Trinajstić information content (AvgIpc) is 3.66. The highest BCUT2D eigenvalue weighted by Gasteiger charge is 2.21. The van der Waals surface area contributed by atoms with Gasteiger partial charge in [-0.1, -0.05) is 71.4 Å². The van der Waals surface area contributed by atoms with Crippen molar-refractivity contribution in [3.63, 3.8) is 0 Å². The molecular weight excluding hydrogens is 679 g/mol. The maximum atomic E-state index is 14.6. The van der Waals surface area contributed by atoms with Gasteiger partial charge in [0.2, 0.25) is 11.7 Å². The van der Waals surface area contributed by atoms with E-state index in [0.29, 0.717) is 28.5 Å². The summed E-state index contributed by atoms with van der Waals surface area (Å²) >= 11 is 0. The Bertz CT molecular complexity index is 2240. The number of carbonyl (C=O) groups excluding carboxylic acids is 2. The first-order chi connectivity index (χ1) is 25.6. The monoisotopic (exact) mass is 714 g/mol. The first-order valence-corrected chi connectivity index (χ1v) is 16.5. The van der Waals surface area contributed by atoms with E-state index in [2.05, 4.69) is 39.7 Å². The van der Waals surface area contributed by atoms with Crippen molar-refractivity contribution in [2.75, 3.05) is 26.1 Å². The van der Waals surface area contributed by atoms with Crippen LogP contribution in [0.15, 0.2) is 114 Å². The molecule has 2 N–H and O–H groups in total. The summed E-state index contributed by atoms with van der Waals surface area (Å²) in [4.78, 5) is 43.6. The molecule has 1 heterocycles. The first-order valence-electron chi connectivity index (χ1n) is 16.5. The lowest BCUT2D eigenvalue weighted by molar-refractivity contribution is -0.137. The number of carboxylic acid groups (broad SMARTS) is 1. The van der Waals surface area contributed by atoms with Gasteiger partial charge in [-0.05, 0) is 60.0 Å². The van der Waals surface area contributed by atoms with E-state index in [-0.39, 0.29) is 35.6 Å². The number of aliphatic carboxylic acids is 1. The Morgan fingerprint density at radius 2 is 1.43 bits per heavy atom. The average molecular weight is 715 g/mol. The Hall–Kier alpha value is -6.82. The molecule has 12 heteroatoms. The molecule has 268 valence electrons. The number of benzene rings is 5. The van der Waals surface area contributed by atoms with E-state index in [9.17, 15) is 23.9 Å². The quantitative estimate of drug-likeness (QED) is 0.125. The van der Waals surface area contributed by atoms with Gasteiger partial charge in [0.15, 0.2) is 0 Å². The number of nitrogens with zero attached hydrogens (tertiary/aromatic N) is 3. The summed E-state index contributed by atoms with van der Waals surface area (Å²) in [6.07, 6.45) is -0.304. The number of methoxy groups -OCH3 is 2. The van der Waals surface area contributed by atoms with Gasteiger partial charge in [-0.25, -0.2) is 4.39 Å². The van der Waals surface area contributed by atoms with Crippen LogP contribution in [0.2, 0.25) is 0 Å². The molecule has 0 saturated heterocycles. The lowest BCUT2D eigenvalue weighted by Crippen LogP contribution is -2.35. The van der Waals surface area contributed by atoms with Gasteiger partial charge in [0.1, 0.15) is 23.9 Å². The van der Waals surface area contributed by atoms with Gasteiger partial charge in [0.05, 0.1) is 20.6 Å². The Labute approximate surface area is 304 Å². The number of carboxylic acids is 1. The molecule has 0 spiro atoms. The number of aryl methyl sites for hydroxylation is 1. The molecule has 11 nitrogen and oxygen atoms in total. The van der Waals surface area contributed by atoms with Gasteiger partial charge in [-0.3, -0.25) is 14.4 Å². The molecular formula is C41H35FN4O7. The zero-order valence-corrected chi connectivity index (χ0v) is 29.1. The number of amides is 2. The molecule has 1 aromatic heterocycles. The fourth-order valence-corrected chi connectivity index (χ4v) is 5.66. The van der Waals surface area contributed by atoms with Crippen LogP contribution >= 0.6 is 0 Å². The maximum absolute atomic E-state index is 14.6. The van der Waals surface area contributed by atoms with Gasteiger partial charge >= 0.3 is 5.97 Å². The molecule has 53 heavy (non-hydrogen) atoms. The van der Waals surface area contributed by atoms with Crippen molar-refractivity contribution < 1.29 is 37.9 Å². The van der Waals surface area contributed by atoms with E-state index in [1.54, 1.807) is 24.3 Å². The molecule has 0 atom stereocenters. The third-order valence-electron chi connectivity index (χ3n) is 8.48. The summed E-state index contributed by atoms with van der Waals surface area (Å²) in [5, 5.41) is 16.4. The Morgan fingerprint density at radius 3 is 2.06 bits per heavy atom. The Morgan fingerprint density at radius 1 is 0.811 bits per heavy atom. The van der Waals surface area contributed by atoms with Gasteiger partial charge in [0.25, 0.3) is 11.8 Å². The van der Waals surface area contributed by atoms with Crippen LogP contribution in [0.3, 0.4) is 0 Å². The van der Waals surface area contributed by atoms with Crippen LogP contribution in [0.25, 0.3) is 34.0 Å². The van der Waals surface area contributed by atoms with Gasteiger partial charge in [0, 0.05) is 46.6 Å². The molecule has 0 fully saturated rings. The maximum Gasteiger partial charge on any atom is 0.323 e. The van der Waals surface area contributed by atoms with Gasteiger partial charge in [-0.2, -0.15) is 4.98 Å². The smallest absolute Gasteiger partial charge is 0.323 e. The van der Waals surface area contributed by atoms with Crippen molar-refractivity contribution in [1.82, 2.24) is 15.0 Å². The van der Waals surface area contributed by atoms with Crippen LogP contribution in [-0.4, -0.2) is 58.7 Å². The second-order valence-electron chi connectivity index (χ2n) is 12.2. The van der Waals surface area contributed by atoms with E-state index in [1.165, 1.54) is 61.1 Å². The number of ether oxygens (including phenoxy) is 2. The van der Waals surface area contributed by atoms with Crippen LogP contribution in [0, 0.1) is 12.7 Å². The highest BCUT2D eigenvalue weighted by Crippen LogP contribution is 2.29. The van der Waals surface area contributed by atoms with Crippen molar-refractivity contribution in [2.24, 2.45) is 0 Å². The summed E-state index contributed by atoms with van der Waals surface area (Å²) in [5.74, 6) is -1.67. The van der Waals surface area contributed by atoms with Crippen molar-refractivity contribution in [1.29, 1.82) is 0 Å². The lowest BCUT2D eigenvalue weighted by Gasteiger charge is -2.21. The van der Waals surface area contributed by atoms with Crippen molar-refractivity contribution in [3.05, 3.63) is 137 Å². The minimum absolute atomic E-state index is 0.0155. The fourth-order valence-electron chi connectivity index (χ4n) is 5.66. The molecule has 5 aromatic carbocycles.